The number of hydrogen-bond acceptors (Lipinski definition) is 4. The van der Waals surface area contributed by atoms with Gasteiger partial charge in [0, 0.05) is 45.1 Å². The third-order valence-electron chi connectivity index (χ3n) is 4.20. The molecule has 25 heavy (non-hydrogen) atoms. The summed E-state index contributed by atoms with van der Waals surface area (Å²) in [6.45, 7) is 11.7. The highest BCUT2D eigenvalue weighted by Gasteiger charge is 2.15. The van der Waals surface area contributed by atoms with E-state index in [1.165, 1.54) is 0 Å². The second-order valence-electron chi connectivity index (χ2n) is 6.75. The van der Waals surface area contributed by atoms with E-state index in [1.54, 1.807) is 6.33 Å². The minimum absolute atomic E-state index is 0. The zero-order chi connectivity index (χ0) is 17.2. The van der Waals surface area contributed by atoms with Crippen molar-refractivity contribution >= 4 is 29.9 Å². The molecule has 0 spiro atoms. The molecule has 1 aliphatic rings. The third-order valence-corrected chi connectivity index (χ3v) is 4.20. The molecular weight excluding hydrogens is 431 g/mol. The van der Waals surface area contributed by atoms with Crippen molar-refractivity contribution in [1.82, 2.24) is 25.4 Å². The van der Waals surface area contributed by atoms with Gasteiger partial charge in [0.05, 0.1) is 6.61 Å². The molecule has 1 aliphatic heterocycles. The second-order valence-corrected chi connectivity index (χ2v) is 6.75. The number of halogens is 1. The van der Waals surface area contributed by atoms with E-state index in [-0.39, 0.29) is 24.0 Å². The molecule has 1 aromatic rings. The highest BCUT2D eigenvalue weighted by Crippen LogP contribution is 2.12. The van der Waals surface area contributed by atoms with Crippen molar-refractivity contribution in [2.75, 3.05) is 32.8 Å². The molecular formula is C17H33IN6O. The SMILES string of the molecule is CCc1nncn1CCNC(=NCC1CCOC1)NCCC(C)C.I. The first kappa shape index (κ1) is 22.1. The maximum Gasteiger partial charge on any atom is 0.191 e. The summed E-state index contributed by atoms with van der Waals surface area (Å²) >= 11 is 0. The summed E-state index contributed by atoms with van der Waals surface area (Å²) < 4.78 is 7.52. The topological polar surface area (TPSA) is 76.4 Å². The number of nitrogens with one attached hydrogen (secondary N) is 2. The van der Waals surface area contributed by atoms with Crippen LogP contribution < -0.4 is 10.6 Å². The van der Waals surface area contributed by atoms with Crippen molar-refractivity contribution in [2.24, 2.45) is 16.8 Å². The van der Waals surface area contributed by atoms with Crippen molar-refractivity contribution in [2.45, 2.75) is 46.6 Å². The van der Waals surface area contributed by atoms with Gasteiger partial charge in [0.25, 0.3) is 0 Å². The van der Waals surface area contributed by atoms with E-state index in [0.717, 1.165) is 70.4 Å². The molecule has 0 aromatic carbocycles. The highest BCUT2D eigenvalue weighted by molar-refractivity contribution is 14.0. The van der Waals surface area contributed by atoms with Gasteiger partial charge in [-0.25, -0.2) is 0 Å². The van der Waals surface area contributed by atoms with Gasteiger partial charge < -0.3 is 19.9 Å². The average Bonchev–Trinajstić information content (AvgIpc) is 3.23. The molecule has 1 fully saturated rings. The molecule has 1 saturated heterocycles. The normalized spacial score (nSPS) is 17.6. The van der Waals surface area contributed by atoms with E-state index < -0.39 is 0 Å². The van der Waals surface area contributed by atoms with E-state index in [1.807, 2.05) is 0 Å². The van der Waals surface area contributed by atoms with Crippen LogP contribution in [0.25, 0.3) is 0 Å². The Bertz CT molecular complexity index is 499. The van der Waals surface area contributed by atoms with E-state index in [4.69, 9.17) is 9.73 Å². The van der Waals surface area contributed by atoms with Crippen LogP contribution in [0.15, 0.2) is 11.3 Å². The van der Waals surface area contributed by atoms with Crippen LogP contribution in [0.2, 0.25) is 0 Å². The first-order chi connectivity index (χ1) is 11.7. The van der Waals surface area contributed by atoms with E-state index in [0.29, 0.717) is 11.8 Å². The number of aliphatic imine (C=N–C) groups is 1. The maximum absolute atomic E-state index is 5.43. The van der Waals surface area contributed by atoms with E-state index in [2.05, 4.69) is 46.2 Å². The molecule has 2 heterocycles. The number of hydrogen-bond donors (Lipinski definition) is 2. The number of rotatable bonds is 9. The van der Waals surface area contributed by atoms with Gasteiger partial charge in [-0.05, 0) is 18.8 Å². The van der Waals surface area contributed by atoms with Crippen LogP contribution in [-0.2, 0) is 17.7 Å². The van der Waals surface area contributed by atoms with Crippen molar-refractivity contribution in [3.8, 4) is 0 Å². The van der Waals surface area contributed by atoms with Crippen molar-refractivity contribution in [1.29, 1.82) is 0 Å². The van der Waals surface area contributed by atoms with E-state index in [9.17, 15) is 0 Å². The molecule has 0 aliphatic carbocycles. The van der Waals surface area contributed by atoms with Gasteiger partial charge in [-0.15, -0.1) is 34.2 Å². The minimum Gasteiger partial charge on any atom is -0.381 e. The van der Waals surface area contributed by atoms with Crippen LogP contribution in [0, 0.1) is 11.8 Å². The van der Waals surface area contributed by atoms with Gasteiger partial charge in [0.1, 0.15) is 12.2 Å². The van der Waals surface area contributed by atoms with Gasteiger partial charge in [-0.1, -0.05) is 20.8 Å². The van der Waals surface area contributed by atoms with Gasteiger partial charge in [0.15, 0.2) is 5.96 Å². The van der Waals surface area contributed by atoms with Crippen molar-refractivity contribution in [3.05, 3.63) is 12.2 Å². The Kier molecular flexibility index (Phi) is 11.0. The Morgan fingerprint density at radius 2 is 2.20 bits per heavy atom. The summed E-state index contributed by atoms with van der Waals surface area (Å²) in [5.41, 5.74) is 0. The molecule has 2 rings (SSSR count). The lowest BCUT2D eigenvalue weighted by Crippen LogP contribution is -2.40. The second kappa shape index (κ2) is 12.5. The zero-order valence-electron chi connectivity index (χ0n) is 15.7. The van der Waals surface area contributed by atoms with Crippen LogP contribution >= 0.6 is 24.0 Å². The minimum atomic E-state index is 0. The van der Waals surface area contributed by atoms with Gasteiger partial charge in [0.2, 0.25) is 0 Å². The van der Waals surface area contributed by atoms with Crippen LogP contribution in [0.3, 0.4) is 0 Å². The monoisotopic (exact) mass is 464 g/mol. The molecule has 7 nitrogen and oxygen atoms in total. The van der Waals surface area contributed by atoms with Gasteiger partial charge >= 0.3 is 0 Å². The molecule has 1 unspecified atom stereocenters. The number of guanidine groups is 1. The summed E-state index contributed by atoms with van der Waals surface area (Å²) in [6, 6.07) is 0. The van der Waals surface area contributed by atoms with Crippen LogP contribution in [0.4, 0.5) is 0 Å². The molecule has 8 heteroatoms. The predicted molar refractivity (Wildman–Crippen MR) is 112 cm³/mol. The quantitative estimate of drug-likeness (QED) is 0.333. The van der Waals surface area contributed by atoms with Crippen molar-refractivity contribution in [3.63, 3.8) is 0 Å². The predicted octanol–water partition coefficient (Wildman–Crippen LogP) is 2.08. The Morgan fingerprint density at radius 1 is 1.40 bits per heavy atom. The molecule has 144 valence electrons. The third kappa shape index (κ3) is 8.35. The number of aryl methyl sites for hydroxylation is 1. The Hall–Kier alpha value is -0.900. The molecule has 0 bridgehead atoms. The lowest BCUT2D eigenvalue weighted by molar-refractivity contribution is 0.187. The van der Waals surface area contributed by atoms with Crippen LogP contribution in [0.1, 0.15) is 39.4 Å². The smallest absolute Gasteiger partial charge is 0.191 e. The molecule has 1 aromatic heterocycles. The lowest BCUT2D eigenvalue weighted by atomic mass is 10.1. The average molecular weight is 464 g/mol. The standard InChI is InChI=1S/C17H32N6O.HI/c1-4-16-22-21-13-23(16)9-8-19-17(18-7-5-14(2)3)20-11-15-6-10-24-12-15;/h13-15H,4-12H2,1-3H3,(H2,18,19,20);1H. The molecule has 0 amide bonds. The fourth-order valence-electron chi connectivity index (χ4n) is 2.64. The molecule has 0 saturated carbocycles. The van der Waals surface area contributed by atoms with E-state index >= 15 is 0 Å². The largest absolute Gasteiger partial charge is 0.381 e. The summed E-state index contributed by atoms with van der Waals surface area (Å²) in [5.74, 6) is 3.16. The van der Waals surface area contributed by atoms with Crippen LogP contribution in [0.5, 0.6) is 0 Å². The lowest BCUT2D eigenvalue weighted by Gasteiger charge is -2.15. The maximum atomic E-state index is 5.43. The number of aromatic nitrogens is 3. The summed E-state index contributed by atoms with van der Waals surface area (Å²) in [7, 11) is 0. The molecule has 1 atom stereocenters. The highest BCUT2D eigenvalue weighted by atomic mass is 127. The van der Waals surface area contributed by atoms with Gasteiger partial charge in [-0.2, -0.15) is 0 Å². The first-order valence-electron chi connectivity index (χ1n) is 9.15. The first-order valence-corrected chi connectivity index (χ1v) is 9.15. The fourth-order valence-corrected chi connectivity index (χ4v) is 2.64. The van der Waals surface area contributed by atoms with Crippen LogP contribution in [-0.4, -0.2) is 53.6 Å². The number of ether oxygens (including phenoxy) is 1. The summed E-state index contributed by atoms with van der Waals surface area (Å²) in [4.78, 5) is 4.74. The Balaban J connectivity index is 0.00000312. The van der Waals surface area contributed by atoms with Crippen molar-refractivity contribution < 1.29 is 4.74 Å². The Labute approximate surface area is 168 Å². The fraction of sp³-hybridized carbons (Fsp3) is 0.824. The summed E-state index contributed by atoms with van der Waals surface area (Å²) in [5, 5.41) is 15.0. The molecule has 2 N–H and O–H groups in total. The number of nitrogens with zero attached hydrogens (tertiary/aromatic N) is 4. The molecule has 0 radical (unpaired) electrons. The summed E-state index contributed by atoms with van der Waals surface area (Å²) in [6.07, 6.45) is 4.94. The zero-order valence-corrected chi connectivity index (χ0v) is 18.0. The van der Waals surface area contributed by atoms with Gasteiger partial charge in [-0.3, -0.25) is 4.99 Å². The Morgan fingerprint density at radius 3 is 2.88 bits per heavy atom.